The topological polar surface area (TPSA) is 68.5 Å². The molecule has 114 valence electrons. The van der Waals surface area contributed by atoms with Crippen molar-refractivity contribution in [2.75, 3.05) is 26.3 Å². The Balaban J connectivity index is 1.95. The van der Waals surface area contributed by atoms with Gasteiger partial charge in [-0.15, -0.1) is 0 Å². The molecule has 1 fully saturated rings. The van der Waals surface area contributed by atoms with E-state index < -0.39 is 0 Å². The van der Waals surface area contributed by atoms with Gasteiger partial charge in [0.05, 0.1) is 18.1 Å². The van der Waals surface area contributed by atoms with Crippen molar-refractivity contribution in [2.45, 2.75) is 6.54 Å². The quantitative estimate of drug-likeness (QED) is 0.641. The fourth-order valence-electron chi connectivity index (χ4n) is 2.64. The van der Waals surface area contributed by atoms with E-state index in [-0.39, 0.29) is 10.6 Å². The molecule has 0 amide bonds. The van der Waals surface area contributed by atoms with Crippen LogP contribution in [0.5, 0.6) is 0 Å². The third-order valence-electron chi connectivity index (χ3n) is 3.79. The number of morpholine rings is 1. The second kappa shape index (κ2) is 6.64. The molecule has 2 aromatic rings. The average Bonchev–Trinajstić information content (AvgIpc) is 2.56. The van der Waals surface area contributed by atoms with E-state index in [1.54, 1.807) is 24.5 Å². The predicted molar refractivity (Wildman–Crippen MR) is 82.4 cm³/mol. The average molecular weight is 299 g/mol. The molecule has 2 heterocycles. The molecule has 6 heteroatoms. The number of hydrogen-bond acceptors (Lipinski definition) is 5. The van der Waals surface area contributed by atoms with Gasteiger partial charge in [0.2, 0.25) is 0 Å². The van der Waals surface area contributed by atoms with Gasteiger partial charge >= 0.3 is 0 Å². The summed E-state index contributed by atoms with van der Waals surface area (Å²) in [6.07, 6.45) is 3.46. The van der Waals surface area contributed by atoms with E-state index >= 15 is 0 Å². The lowest BCUT2D eigenvalue weighted by atomic mass is 9.99. The van der Waals surface area contributed by atoms with Crippen molar-refractivity contribution in [3.8, 4) is 11.1 Å². The van der Waals surface area contributed by atoms with Crippen molar-refractivity contribution in [3.63, 3.8) is 0 Å². The summed E-state index contributed by atoms with van der Waals surface area (Å²) < 4.78 is 5.36. The molecule has 1 aromatic heterocycles. The molecule has 0 radical (unpaired) electrons. The molecular weight excluding hydrogens is 282 g/mol. The molecule has 0 N–H and O–H groups in total. The summed E-state index contributed by atoms with van der Waals surface area (Å²) in [5.74, 6) is 0. The van der Waals surface area contributed by atoms with Gasteiger partial charge in [-0.3, -0.25) is 20.0 Å². The fraction of sp³-hybridized carbons (Fsp3) is 0.312. The molecule has 0 aliphatic carbocycles. The van der Waals surface area contributed by atoms with E-state index in [9.17, 15) is 10.1 Å². The molecule has 1 saturated heterocycles. The number of ether oxygens (including phenoxy) is 1. The van der Waals surface area contributed by atoms with Gasteiger partial charge in [0, 0.05) is 44.2 Å². The largest absolute Gasteiger partial charge is 0.379 e. The predicted octanol–water partition coefficient (Wildman–Crippen LogP) is 2.49. The van der Waals surface area contributed by atoms with Gasteiger partial charge in [0.1, 0.15) is 0 Å². The zero-order valence-electron chi connectivity index (χ0n) is 12.1. The number of benzene rings is 1. The van der Waals surface area contributed by atoms with Crippen LogP contribution in [0, 0.1) is 10.1 Å². The highest BCUT2D eigenvalue weighted by molar-refractivity contribution is 5.68. The summed E-state index contributed by atoms with van der Waals surface area (Å²) >= 11 is 0. The minimum atomic E-state index is -0.348. The van der Waals surface area contributed by atoms with Gasteiger partial charge in [-0.2, -0.15) is 0 Å². The first-order valence-electron chi connectivity index (χ1n) is 7.22. The van der Waals surface area contributed by atoms with E-state index in [0.29, 0.717) is 19.8 Å². The van der Waals surface area contributed by atoms with Crippen LogP contribution in [0.15, 0.2) is 42.7 Å². The van der Waals surface area contributed by atoms with Crippen molar-refractivity contribution in [1.29, 1.82) is 0 Å². The molecule has 0 spiro atoms. The Labute approximate surface area is 128 Å². The smallest absolute Gasteiger partial charge is 0.269 e. The Kier molecular flexibility index (Phi) is 4.41. The van der Waals surface area contributed by atoms with Gasteiger partial charge in [-0.25, -0.2) is 0 Å². The van der Waals surface area contributed by atoms with Gasteiger partial charge in [0.15, 0.2) is 0 Å². The van der Waals surface area contributed by atoms with E-state index in [4.69, 9.17) is 4.74 Å². The standard InChI is InChI=1S/C16H17N3O3/c20-19(21)15-1-2-16(13-3-5-17-6-4-13)14(11-15)12-18-7-9-22-10-8-18/h1-6,11H,7-10,12H2. The lowest BCUT2D eigenvalue weighted by Crippen LogP contribution is -2.35. The third kappa shape index (κ3) is 3.29. The minimum Gasteiger partial charge on any atom is -0.379 e. The molecule has 1 aromatic carbocycles. The van der Waals surface area contributed by atoms with Crippen molar-refractivity contribution in [3.05, 3.63) is 58.4 Å². The number of nitro groups is 1. The van der Waals surface area contributed by atoms with Crippen LogP contribution in [0.4, 0.5) is 5.69 Å². The maximum absolute atomic E-state index is 11.1. The summed E-state index contributed by atoms with van der Waals surface area (Å²) in [7, 11) is 0. The van der Waals surface area contributed by atoms with Crippen molar-refractivity contribution >= 4 is 5.69 Å². The van der Waals surface area contributed by atoms with Crippen LogP contribution < -0.4 is 0 Å². The lowest BCUT2D eigenvalue weighted by Gasteiger charge is -2.27. The molecule has 0 saturated carbocycles. The Morgan fingerprint density at radius 1 is 1.18 bits per heavy atom. The molecule has 1 aliphatic heterocycles. The molecule has 0 unspecified atom stereocenters. The van der Waals surface area contributed by atoms with Gasteiger partial charge < -0.3 is 4.74 Å². The van der Waals surface area contributed by atoms with Crippen LogP contribution in [0.25, 0.3) is 11.1 Å². The number of rotatable bonds is 4. The fourth-order valence-corrected chi connectivity index (χ4v) is 2.64. The number of pyridine rings is 1. The van der Waals surface area contributed by atoms with Crippen LogP contribution in [0.2, 0.25) is 0 Å². The summed E-state index contributed by atoms with van der Waals surface area (Å²) in [6.45, 7) is 3.79. The van der Waals surface area contributed by atoms with Crippen molar-refractivity contribution < 1.29 is 9.66 Å². The second-order valence-electron chi connectivity index (χ2n) is 5.22. The summed E-state index contributed by atoms with van der Waals surface area (Å²) in [5.41, 5.74) is 3.12. The van der Waals surface area contributed by atoms with Crippen LogP contribution in [-0.4, -0.2) is 41.1 Å². The molecule has 22 heavy (non-hydrogen) atoms. The SMILES string of the molecule is O=[N+]([O-])c1ccc(-c2ccncc2)c(CN2CCOCC2)c1. The van der Waals surface area contributed by atoms with Crippen LogP contribution in [0.3, 0.4) is 0 Å². The van der Waals surface area contributed by atoms with Crippen LogP contribution in [0.1, 0.15) is 5.56 Å². The molecular formula is C16H17N3O3. The van der Waals surface area contributed by atoms with Crippen molar-refractivity contribution in [2.24, 2.45) is 0 Å². The van der Waals surface area contributed by atoms with Crippen LogP contribution in [-0.2, 0) is 11.3 Å². The van der Waals surface area contributed by atoms with E-state index in [0.717, 1.165) is 29.8 Å². The summed E-state index contributed by atoms with van der Waals surface area (Å²) in [5, 5.41) is 11.1. The van der Waals surface area contributed by atoms with E-state index in [1.807, 2.05) is 18.2 Å². The highest BCUT2D eigenvalue weighted by Gasteiger charge is 2.16. The summed E-state index contributed by atoms with van der Waals surface area (Å²) in [4.78, 5) is 17.0. The lowest BCUT2D eigenvalue weighted by molar-refractivity contribution is -0.384. The Morgan fingerprint density at radius 3 is 2.59 bits per heavy atom. The minimum absolute atomic E-state index is 0.126. The highest BCUT2D eigenvalue weighted by atomic mass is 16.6. The van der Waals surface area contributed by atoms with E-state index in [2.05, 4.69) is 9.88 Å². The zero-order valence-corrected chi connectivity index (χ0v) is 12.1. The van der Waals surface area contributed by atoms with E-state index in [1.165, 1.54) is 0 Å². The first-order valence-corrected chi connectivity index (χ1v) is 7.22. The number of aromatic nitrogens is 1. The Hall–Kier alpha value is -2.31. The van der Waals surface area contributed by atoms with Gasteiger partial charge in [-0.05, 0) is 34.9 Å². The highest BCUT2D eigenvalue weighted by Crippen LogP contribution is 2.28. The maximum Gasteiger partial charge on any atom is 0.269 e. The molecule has 0 bridgehead atoms. The summed E-state index contributed by atoms with van der Waals surface area (Å²) in [6, 6.07) is 8.89. The van der Waals surface area contributed by atoms with Gasteiger partial charge in [0.25, 0.3) is 5.69 Å². The third-order valence-corrected chi connectivity index (χ3v) is 3.79. The molecule has 1 aliphatic rings. The maximum atomic E-state index is 11.1. The molecule has 3 rings (SSSR count). The van der Waals surface area contributed by atoms with Gasteiger partial charge in [-0.1, -0.05) is 0 Å². The second-order valence-corrected chi connectivity index (χ2v) is 5.22. The first-order chi connectivity index (χ1) is 10.7. The number of hydrogen-bond donors (Lipinski definition) is 0. The number of non-ortho nitro benzene ring substituents is 1. The Bertz CT molecular complexity index is 655. The molecule has 0 atom stereocenters. The van der Waals surface area contributed by atoms with Crippen molar-refractivity contribution in [1.82, 2.24) is 9.88 Å². The zero-order chi connectivity index (χ0) is 15.4. The normalized spacial score (nSPS) is 15.6. The first kappa shape index (κ1) is 14.6. The Morgan fingerprint density at radius 2 is 1.91 bits per heavy atom. The molecule has 6 nitrogen and oxygen atoms in total. The number of nitro benzene ring substituents is 1. The number of nitrogens with zero attached hydrogens (tertiary/aromatic N) is 3. The van der Waals surface area contributed by atoms with Crippen LogP contribution >= 0.6 is 0 Å². The monoisotopic (exact) mass is 299 g/mol.